The quantitative estimate of drug-likeness (QED) is 0.769. The van der Waals surface area contributed by atoms with Crippen LogP contribution in [-0.4, -0.2) is 15.9 Å². The average molecular weight is 278 g/mol. The van der Waals surface area contributed by atoms with Gasteiger partial charge in [0.1, 0.15) is 5.69 Å². The van der Waals surface area contributed by atoms with Crippen molar-refractivity contribution in [1.82, 2.24) is 15.3 Å². The van der Waals surface area contributed by atoms with Crippen LogP contribution in [0.1, 0.15) is 16.1 Å². The Bertz CT molecular complexity index is 787. The number of carbonyl (C=O) groups is 1. The third-order valence-corrected chi connectivity index (χ3v) is 3.18. The van der Waals surface area contributed by atoms with Crippen LogP contribution in [0.15, 0.2) is 54.9 Å². The van der Waals surface area contributed by atoms with Gasteiger partial charge in [-0.15, -0.1) is 0 Å². The third kappa shape index (κ3) is 2.81. The standard InChI is InChI=1S/C16H14N4O/c17-13-9-15(20-14-4-2-1-3-12(13)14)16(21)19-10-11-5-7-18-8-6-11/h1-9H,10H2,(H2,17,20)(H,19,21). The smallest absolute Gasteiger partial charge is 0.270 e. The molecule has 0 unspecified atom stereocenters. The number of aromatic nitrogens is 2. The number of nitrogens with two attached hydrogens (primary N) is 1. The van der Waals surface area contributed by atoms with Crippen molar-refractivity contribution >= 4 is 22.5 Å². The molecule has 0 aliphatic rings. The molecule has 2 aromatic heterocycles. The number of nitrogens with one attached hydrogen (secondary N) is 1. The molecule has 3 rings (SSSR count). The van der Waals surface area contributed by atoms with Gasteiger partial charge >= 0.3 is 0 Å². The fraction of sp³-hybridized carbons (Fsp3) is 0.0625. The first-order chi connectivity index (χ1) is 10.2. The van der Waals surface area contributed by atoms with Crippen molar-refractivity contribution in [2.75, 3.05) is 5.73 Å². The van der Waals surface area contributed by atoms with Crippen molar-refractivity contribution in [3.63, 3.8) is 0 Å². The summed E-state index contributed by atoms with van der Waals surface area (Å²) in [6.07, 6.45) is 3.38. The molecule has 21 heavy (non-hydrogen) atoms. The molecule has 0 saturated heterocycles. The Morgan fingerprint density at radius 3 is 2.71 bits per heavy atom. The fourth-order valence-corrected chi connectivity index (χ4v) is 2.09. The van der Waals surface area contributed by atoms with Crippen LogP contribution in [-0.2, 0) is 6.54 Å². The summed E-state index contributed by atoms with van der Waals surface area (Å²) in [5.74, 6) is -0.246. The highest BCUT2D eigenvalue weighted by molar-refractivity contribution is 5.99. The molecule has 5 heteroatoms. The second-order valence-corrected chi connectivity index (χ2v) is 4.65. The van der Waals surface area contributed by atoms with E-state index >= 15 is 0 Å². The molecule has 104 valence electrons. The van der Waals surface area contributed by atoms with Gasteiger partial charge in [-0.25, -0.2) is 4.98 Å². The predicted molar refractivity (Wildman–Crippen MR) is 81.6 cm³/mol. The van der Waals surface area contributed by atoms with Gasteiger partial charge in [0.25, 0.3) is 5.91 Å². The highest BCUT2D eigenvalue weighted by Crippen LogP contribution is 2.19. The second kappa shape index (κ2) is 5.58. The molecule has 3 aromatic rings. The number of nitrogen functional groups attached to an aromatic ring is 1. The van der Waals surface area contributed by atoms with Crippen molar-refractivity contribution in [2.45, 2.75) is 6.54 Å². The van der Waals surface area contributed by atoms with Gasteiger partial charge in [-0.05, 0) is 29.8 Å². The van der Waals surface area contributed by atoms with E-state index in [4.69, 9.17) is 5.73 Å². The number of nitrogens with zero attached hydrogens (tertiary/aromatic N) is 2. The summed E-state index contributed by atoms with van der Waals surface area (Å²) < 4.78 is 0. The van der Waals surface area contributed by atoms with E-state index in [-0.39, 0.29) is 5.91 Å². The third-order valence-electron chi connectivity index (χ3n) is 3.18. The summed E-state index contributed by atoms with van der Waals surface area (Å²) in [5.41, 5.74) is 8.54. The summed E-state index contributed by atoms with van der Waals surface area (Å²) in [4.78, 5) is 20.4. The molecule has 0 aliphatic heterocycles. The lowest BCUT2D eigenvalue weighted by atomic mass is 10.1. The zero-order chi connectivity index (χ0) is 14.7. The maximum absolute atomic E-state index is 12.2. The Balaban J connectivity index is 1.81. The van der Waals surface area contributed by atoms with Crippen LogP contribution in [0.5, 0.6) is 0 Å². The molecule has 0 radical (unpaired) electrons. The molecular weight excluding hydrogens is 264 g/mol. The van der Waals surface area contributed by atoms with Crippen LogP contribution >= 0.6 is 0 Å². The molecular formula is C16H14N4O. The van der Waals surface area contributed by atoms with Crippen LogP contribution in [0.3, 0.4) is 0 Å². The normalized spacial score (nSPS) is 10.5. The minimum Gasteiger partial charge on any atom is -0.398 e. The van der Waals surface area contributed by atoms with Crippen molar-refractivity contribution in [2.24, 2.45) is 0 Å². The number of pyridine rings is 2. The number of para-hydroxylation sites is 1. The van der Waals surface area contributed by atoms with Gasteiger partial charge in [0.2, 0.25) is 0 Å². The Hall–Kier alpha value is -2.95. The first kappa shape index (κ1) is 13.1. The van der Waals surface area contributed by atoms with E-state index in [1.165, 1.54) is 0 Å². The van der Waals surface area contributed by atoms with E-state index in [2.05, 4.69) is 15.3 Å². The van der Waals surface area contributed by atoms with Crippen molar-refractivity contribution in [3.8, 4) is 0 Å². The summed E-state index contributed by atoms with van der Waals surface area (Å²) in [7, 11) is 0. The number of anilines is 1. The SMILES string of the molecule is Nc1cc(C(=O)NCc2ccncc2)nc2ccccc12. The molecule has 0 fully saturated rings. The molecule has 2 heterocycles. The lowest BCUT2D eigenvalue weighted by Crippen LogP contribution is -2.24. The van der Waals surface area contributed by atoms with E-state index in [1.54, 1.807) is 18.5 Å². The number of carbonyl (C=O) groups excluding carboxylic acids is 1. The summed E-state index contributed by atoms with van der Waals surface area (Å²) in [5, 5.41) is 3.67. The lowest BCUT2D eigenvalue weighted by Gasteiger charge is -2.07. The molecule has 0 aliphatic carbocycles. The van der Waals surface area contributed by atoms with Crippen LogP contribution in [0.4, 0.5) is 5.69 Å². The Labute approximate surface area is 121 Å². The molecule has 3 N–H and O–H groups in total. The summed E-state index contributed by atoms with van der Waals surface area (Å²) >= 11 is 0. The largest absolute Gasteiger partial charge is 0.398 e. The molecule has 1 amide bonds. The van der Waals surface area contributed by atoms with Crippen LogP contribution in [0.25, 0.3) is 10.9 Å². The topological polar surface area (TPSA) is 80.9 Å². The van der Waals surface area contributed by atoms with Crippen LogP contribution in [0.2, 0.25) is 0 Å². The number of fused-ring (bicyclic) bond motifs is 1. The first-order valence-electron chi connectivity index (χ1n) is 6.56. The number of amides is 1. The molecule has 0 saturated carbocycles. The average Bonchev–Trinajstić information content (AvgIpc) is 2.53. The molecule has 0 atom stereocenters. The lowest BCUT2D eigenvalue weighted by molar-refractivity contribution is 0.0946. The van der Waals surface area contributed by atoms with E-state index in [0.29, 0.717) is 23.4 Å². The number of benzene rings is 1. The minimum atomic E-state index is -0.246. The second-order valence-electron chi connectivity index (χ2n) is 4.65. The van der Waals surface area contributed by atoms with Crippen LogP contribution in [0, 0.1) is 0 Å². The Morgan fingerprint density at radius 2 is 1.90 bits per heavy atom. The number of hydrogen-bond donors (Lipinski definition) is 2. The number of hydrogen-bond acceptors (Lipinski definition) is 4. The van der Waals surface area contributed by atoms with E-state index in [9.17, 15) is 4.79 Å². The molecule has 0 spiro atoms. The fourth-order valence-electron chi connectivity index (χ4n) is 2.09. The molecule has 0 bridgehead atoms. The highest BCUT2D eigenvalue weighted by atomic mass is 16.1. The first-order valence-corrected chi connectivity index (χ1v) is 6.56. The van der Waals surface area contributed by atoms with E-state index in [1.807, 2.05) is 36.4 Å². The minimum absolute atomic E-state index is 0.246. The van der Waals surface area contributed by atoms with Gasteiger partial charge in [-0.2, -0.15) is 0 Å². The predicted octanol–water partition coefficient (Wildman–Crippen LogP) is 2.14. The van der Waals surface area contributed by atoms with E-state index < -0.39 is 0 Å². The Morgan fingerprint density at radius 1 is 1.14 bits per heavy atom. The molecule has 5 nitrogen and oxygen atoms in total. The van der Waals surface area contributed by atoms with Crippen LogP contribution < -0.4 is 11.1 Å². The Kier molecular flexibility index (Phi) is 3.47. The highest BCUT2D eigenvalue weighted by Gasteiger charge is 2.10. The van der Waals surface area contributed by atoms with Crippen molar-refractivity contribution in [1.29, 1.82) is 0 Å². The maximum Gasteiger partial charge on any atom is 0.270 e. The summed E-state index contributed by atoms with van der Waals surface area (Å²) in [6, 6.07) is 12.8. The monoisotopic (exact) mass is 278 g/mol. The van der Waals surface area contributed by atoms with E-state index in [0.717, 1.165) is 10.9 Å². The van der Waals surface area contributed by atoms with Gasteiger partial charge in [-0.3, -0.25) is 9.78 Å². The van der Waals surface area contributed by atoms with Crippen molar-refractivity contribution < 1.29 is 4.79 Å². The zero-order valence-electron chi connectivity index (χ0n) is 11.3. The maximum atomic E-state index is 12.2. The van der Waals surface area contributed by atoms with Gasteiger partial charge in [-0.1, -0.05) is 18.2 Å². The summed E-state index contributed by atoms with van der Waals surface area (Å²) in [6.45, 7) is 0.426. The van der Waals surface area contributed by atoms with Gasteiger partial charge < -0.3 is 11.1 Å². The van der Waals surface area contributed by atoms with Crippen molar-refractivity contribution in [3.05, 3.63) is 66.1 Å². The number of rotatable bonds is 3. The zero-order valence-corrected chi connectivity index (χ0v) is 11.3. The van der Waals surface area contributed by atoms with Gasteiger partial charge in [0, 0.05) is 30.0 Å². The molecule has 1 aromatic carbocycles. The van der Waals surface area contributed by atoms with Gasteiger partial charge in [0.05, 0.1) is 5.52 Å². The van der Waals surface area contributed by atoms with Gasteiger partial charge in [0.15, 0.2) is 0 Å².